The van der Waals surface area contributed by atoms with Gasteiger partial charge >= 0.3 is 0 Å². The number of aromatic nitrogens is 2. The Hall–Kier alpha value is -1.09. The van der Waals surface area contributed by atoms with Gasteiger partial charge in [-0.1, -0.05) is 12.1 Å². The van der Waals surface area contributed by atoms with Crippen molar-refractivity contribution in [3.8, 4) is 11.3 Å². The fourth-order valence-electron chi connectivity index (χ4n) is 2.34. The van der Waals surface area contributed by atoms with E-state index in [0.717, 1.165) is 10.4 Å². The molecule has 0 saturated carbocycles. The summed E-state index contributed by atoms with van der Waals surface area (Å²) in [6, 6.07) is 6.75. The number of benzene rings is 1. The third-order valence-corrected chi connectivity index (χ3v) is 3.61. The maximum absolute atomic E-state index is 4.17. The fourth-order valence-corrected chi connectivity index (χ4v) is 2.66. The lowest BCUT2D eigenvalue weighted by molar-refractivity contribution is 0.686. The number of nitrogens with one attached hydrogen (secondary N) is 1. The average Bonchev–Trinajstić information content (AvgIpc) is 2.75. The summed E-state index contributed by atoms with van der Waals surface area (Å²) in [7, 11) is 0. The van der Waals surface area contributed by atoms with Crippen LogP contribution in [0.1, 0.15) is 24.0 Å². The van der Waals surface area contributed by atoms with E-state index in [1.54, 1.807) is 0 Å². The molecule has 0 bridgehead atoms. The zero-order valence-corrected chi connectivity index (χ0v) is 10.5. The van der Waals surface area contributed by atoms with Crippen LogP contribution >= 0.6 is 15.9 Å². The summed E-state index contributed by atoms with van der Waals surface area (Å²) in [5.41, 5.74) is 5.35. The number of imidazole rings is 1. The van der Waals surface area contributed by atoms with Crippen molar-refractivity contribution >= 4 is 15.9 Å². The van der Waals surface area contributed by atoms with E-state index in [-0.39, 0.29) is 0 Å². The third kappa shape index (κ3) is 1.80. The molecule has 0 spiro atoms. The summed E-state index contributed by atoms with van der Waals surface area (Å²) in [5.74, 6) is 0. The zero-order chi connectivity index (χ0) is 11.0. The van der Waals surface area contributed by atoms with Crippen molar-refractivity contribution in [2.24, 2.45) is 0 Å². The van der Waals surface area contributed by atoms with Crippen molar-refractivity contribution in [3.05, 3.63) is 40.3 Å². The normalized spacial score (nSPS) is 14.8. The fraction of sp³-hybridized carbons (Fsp3) is 0.308. The van der Waals surface area contributed by atoms with Gasteiger partial charge in [-0.3, -0.25) is 0 Å². The van der Waals surface area contributed by atoms with Gasteiger partial charge in [-0.25, -0.2) is 4.98 Å². The third-order valence-electron chi connectivity index (χ3n) is 3.20. The number of fused-ring (bicyclic) bond motifs is 1. The van der Waals surface area contributed by atoms with E-state index in [2.05, 4.69) is 44.1 Å². The predicted molar refractivity (Wildman–Crippen MR) is 68.4 cm³/mol. The standard InChI is InChI=1S/C13H13BrN2/c14-13-15-8-12(16-13)11-6-5-9-3-1-2-4-10(9)7-11/h5-8H,1-4H2,(H,15,16). The number of halogens is 1. The summed E-state index contributed by atoms with van der Waals surface area (Å²) >= 11 is 3.34. The summed E-state index contributed by atoms with van der Waals surface area (Å²) in [6.07, 6.45) is 6.99. The first-order chi connectivity index (χ1) is 7.83. The van der Waals surface area contributed by atoms with Gasteiger partial charge in [-0.2, -0.15) is 0 Å². The lowest BCUT2D eigenvalue weighted by Crippen LogP contribution is -2.02. The quantitative estimate of drug-likeness (QED) is 0.845. The molecule has 0 aliphatic heterocycles. The van der Waals surface area contributed by atoms with Gasteiger partial charge < -0.3 is 4.98 Å². The van der Waals surface area contributed by atoms with Crippen LogP contribution < -0.4 is 0 Å². The lowest BCUT2D eigenvalue weighted by Gasteiger charge is -2.16. The molecule has 2 nitrogen and oxygen atoms in total. The van der Waals surface area contributed by atoms with Gasteiger partial charge in [0.25, 0.3) is 0 Å². The minimum atomic E-state index is 0.792. The Morgan fingerprint density at radius 2 is 1.94 bits per heavy atom. The van der Waals surface area contributed by atoms with Crippen molar-refractivity contribution in [3.63, 3.8) is 0 Å². The van der Waals surface area contributed by atoms with Crippen LogP contribution in [-0.4, -0.2) is 9.97 Å². The Morgan fingerprint density at radius 3 is 2.69 bits per heavy atom. The molecule has 1 aromatic carbocycles. The molecule has 16 heavy (non-hydrogen) atoms. The molecule has 0 saturated heterocycles. The molecule has 3 heteroatoms. The highest BCUT2D eigenvalue weighted by Crippen LogP contribution is 2.26. The van der Waals surface area contributed by atoms with Gasteiger partial charge in [-0.15, -0.1) is 0 Å². The van der Waals surface area contributed by atoms with Crippen molar-refractivity contribution < 1.29 is 0 Å². The SMILES string of the molecule is Brc1ncc(-c2ccc3c(c2)CCCC3)[nH]1. The highest BCUT2D eigenvalue weighted by atomic mass is 79.9. The van der Waals surface area contributed by atoms with Crippen LogP contribution in [0.25, 0.3) is 11.3 Å². The number of nitrogens with zero attached hydrogens (tertiary/aromatic N) is 1. The van der Waals surface area contributed by atoms with E-state index < -0.39 is 0 Å². The Kier molecular flexibility index (Phi) is 2.56. The molecule has 1 aliphatic carbocycles. The second-order valence-electron chi connectivity index (χ2n) is 4.28. The summed E-state index contributed by atoms with van der Waals surface area (Å²) in [6.45, 7) is 0. The van der Waals surface area contributed by atoms with Crippen molar-refractivity contribution in [1.29, 1.82) is 0 Å². The number of H-pyrrole nitrogens is 1. The van der Waals surface area contributed by atoms with Gasteiger partial charge in [0.1, 0.15) is 0 Å². The zero-order valence-electron chi connectivity index (χ0n) is 8.96. The van der Waals surface area contributed by atoms with E-state index >= 15 is 0 Å². The maximum atomic E-state index is 4.17. The summed E-state index contributed by atoms with van der Waals surface area (Å²) in [5, 5.41) is 0. The van der Waals surface area contributed by atoms with E-state index in [9.17, 15) is 0 Å². The number of aromatic amines is 1. The first kappa shape index (κ1) is 10.1. The average molecular weight is 277 g/mol. The lowest BCUT2D eigenvalue weighted by atomic mass is 9.90. The van der Waals surface area contributed by atoms with Gasteiger partial charge in [0.2, 0.25) is 0 Å². The smallest absolute Gasteiger partial charge is 0.174 e. The first-order valence-electron chi connectivity index (χ1n) is 5.65. The molecular formula is C13H13BrN2. The molecule has 0 radical (unpaired) electrons. The highest BCUT2D eigenvalue weighted by Gasteiger charge is 2.10. The maximum Gasteiger partial charge on any atom is 0.174 e. The van der Waals surface area contributed by atoms with Crippen LogP contribution in [0.2, 0.25) is 0 Å². The Morgan fingerprint density at radius 1 is 1.12 bits per heavy atom. The summed E-state index contributed by atoms with van der Waals surface area (Å²) in [4.78, 5) is 7.37. The molecule has 1 heterocycles. The Balaban J connectivity index is 2.02. The molecule has 1 aliphatic rings. The minimum absolute atomic E-state index is 0.792. The van der Waals surface area contributed by atoms with Crippen molar-refractivity contribution in [2.45, 2.75) is 25.7 Å². The van der Waals surface area contributed by atoms with Crippen LogP contribution in [-0.2, 0) is 12.8 Å². The topological polar surface area (TPSA) is 28.7 Å². The number of rotatable bonds is 1. The monoisotopic (exact) mass is 276 g/mol. The van der Waals surface area contributed by atoms with Crippen molar-refractivity contribution in [2.75, 3.05) is 0 Å². The molecule has 0 unspecified atom stereocenters. The molecule has 1 N–H and O–H groups in total. The molecular weight excluding hydrogens is 264 g/mol. The number of hydrogen-bond acceptors (Lipinski definition) is 1. The molecule has 2 aromatic rings. The molecule has 0 atom stereocenters. The number of hydrogen-bond donors (Lipinski definition) is 1. The molecule has 0 fully saturated rings. The van der Waals surface area contributed by atoms with Crippen LogP contribution in [0, 0.1) is 0 Å². The van der Waals surface area contributed by atoms with Gasteiger partial charge in [0, 0.05) is 0 Å². The molecule has 1 aromatic heterocycles. The highest BCUT2D eigenvalue weighted by molar-refractivity contribution is 9.10. The van der Waals surface area contributed by atoms with E-state index in [1.807, 2.05) is 6.20 Å². The second-order valence-corrected chi connectivity index (χ2v) is 5.03. The molecule has 0 amide bonds. The predicted octanol–water partition coefficient (Wildman–Crippen LogP) is 3.72. The van der Waals surface area contributed by atoms with Gasteiger partial charge in [0.05, 0.1) is 11.9 Å². The van der Waals surface area contributed by atoms with Crippen LogP contribution in [0.4, 0.5) is 0 Å². The molecule has 3 rings (SSSR count). The van der Waals surface area contributed by atoms with Gasteiger partial charge in [-0.05, 0) is 64.4 Å². The second kappa shape index (κ2) is 4.06. The van der Waals surface area contributed by atoms with Crippen LogP contribution in [0.15, 0.2) is 29.1 Å². The van der Waals surface area contributed by atoms with E-state index in [1.165, 1.54) is 42.4 Å². The Bertz CT molecular complexity index is 516. The van der Waals surface area contributed by atoms with E-state index in [4.69, 9.17) is 0 Å². The first-order valence-corrected chi connectivity index (χ1v) is 6.45. The van der Waals surface area contributed by atoms with Crippen LogP contribution in [0.3, 0.4) is 0 Å². The number of aryl methyl sites for hydroxylation is 2. The van der Waals surface area contributed by atoms with E-state index in [0.29, 0.717) is 0 Å². The summed E-state index contributed by atoms with van der Waals surface area (Å²) < 4.78 is 0.792. The van der Waals surface area contributed by atoms with Crippen LogP contribution in [0.5, 0.6) is 0 Å². The Labute approximate surface area is 103 Å². The molecule has 82 valence electrons. The van der Waals surface area contributed by atoms with Crippen molar-refractivity contribution in [1.82, 2.24) is 9.97 Å². The minimum Gasteiger partial charge on any atom is -0.333 e. The van der Waals surface area contributed by atoms with Gasteiger partial charge in [0.15, 0.2) is 4.73 Å². The largest absolute Gasteiger partial charge is 0.333 e.